The second-order valence-corrected chi connectivity index (χ2v) is 7.05. The molecular formula is C18H29N3O3S. The number of carbonyl (C=O) groups excluding carboxylic acids is 1. The molecule has 1 aromatic carbocycles. The molecule has 1 aromatic rings. The standard InChI is InChI=1S/C18H29N3O3S/c1-6-10-23-14-9-8-13(12-15(14)24-11-7-2)16(22)20-21-17(25)19-18(3,4)5/h8-9,12H,6-7,10-11H2,1-5H3,(H,20,22)(H2,19,21,25). The number of hydrazine groups is 1. The Balaban J connectivity index is 2.75. The minimum Gasteiger partial charge on any atom is -0.490 e. The molecule has 0 saturated heterocycles. The highest BCUT2D eigenvalue weighted by Crippen LogP contribution is 2.28. The van der Waals surface area contributed by atoms with E-state index >= 15 is 0 Å². The number of carbonyl (C=O) groups is 1. The van der Waals surface area contributed by atoms with Crippen molar-refractivity contribution in [2.45, 2.75) is 53.0 Å². The van der Waals surface area contributed by atoms with Crippen LogP contribution in [0.2, 0.25) is 0 Å². The van der Waals surface area contributed by atoms with Crippen molar-refractivity contribution in [3.63, 3.8) is 0 Å². The minimum absolute atomic E-state index is 0.186. The van der Waals surface area contributed by atoms with E-state index in [1.807, 2.05) is 34.6 Å². The van der Waals surface area contributed by atoms with Gasteiger partial charge in [0.1, 0.15) is 0 Å². The van der Waals surface area contributed by atoms with Gasteiger partial charge in [-0.25, -0.2) is 0 Å². The Kier molecular flexibility index (Phi) is 8.48. The van der Waals surface area contributed by atoms with Crippen molar-refractivity contribution in [2.24, 2.45) is 0 Å². The Morgan fingerprint density at radius 3 is 2.20 bits per heavy atom. The average molecular weight is 368 g/mol. The van der Waals surface area contributed by atoms with Crippen LogP contribution in [0.3, 0.4) is 0 Å². The molecule has 0 spiro atoms. The van der Waals surface area contributed by atoms with E-state index in [1.54, 1.807) is 18.2 Å². The maximum atomic E-state index is 12.3. The van der Waals surface area contributed by atoms with Crippen LogP contribution in [0.25, 0.3) is 0 Å². The fraction of sp³-hybridized carbons (Fsp3) is 0.556. The van der Waals surface area contributed by atoms with Gasteiger partial charge in [0.15, 0.2) is 16.6 Å². The quantitative estimate of drug-likeness (QED) is 0.508. The molecule has 0 heterocycles. The Labute approximate surface area is 155 Å². The van der Waals surface area contributed by atoms with E-state index in [1.165, 1.54) is 0 Å². The summed E-state index contributed by atoms with van der Waals surface area (Å²) in [6.45, 7) is 11.2. The molecule has 0 radical (unpaired) electrons. The second kappa shape index (κ2) is 10.1. The molecule has 0 unspecified atom stereocenters. The summed E-state index contributed by atoms with van der Waals surface area (Å²) in [7, 11) is 0. The first-order valence-corrected chi connectivity index (χ1v) is 8.95. The summed E-state index contributed by atoms with van der Waals surface area (Å²) in [6, 6.07) is 5.13. The molecule has 6 nitrogen and oxygen atoms in total. The zero-order chi connectivity index (χ0) is 18.9. The van der Waals surface area contributed by atoms with Gasteiger partial charge < -0.3 is 14.8 Å². The molecule has 0 aliphatic rings. The number of rotatable bonds is 7. The number of nitrogens with one attached hydrogen (secondary N) is 3. The van der Waals surface area contributed by atoms with Crippen molar-refractivity contribution in [1.29, 1.82) is 0 Å². The molecule has 140 valence electrons. The van der Waals surface area contributed by atoms with E-state index in [9.17, 15) is 4.79 Å². The zero-order valence-corrected chi connectivity index (χ0v) is 16.5. The maximum Gasteiger partial charge on any atom is 0.269 e. The van der Waals surface area contributed by atoms with Crippen LogP contribution in [0.15, 0.2) is 18.2 Å². The largest absolute Gasteiger partial charge is 0.490 e. The van der Waals surface area contributed by atoms with Gasteiger partial charge in [0.05, 0.1) is 13.2 Å². The van der Waals surface area contributed by atoms with Crippen LogP contribution in [-0.2, 0) is 0 Å². The monoisotopic (exact) mass is 367 g/mol. The number of hydrogen-bond acceptors (Lipinski definition) is 4. The van der Waals surface area contributed by atoms with E-state index in [4.69, 9.17) is 21.7 Å². The number of thiocarbonyl (C=S) groups is 1. The van der Waals surface area contributed by atoms with Gasteiger partial charge in [-0.15, -0.1) is 0 Å². The van der Waals surface area contributed by atoms with Gasteiger partial charge in [-0.3, -0.25) is 15.6 Å². The summed E-state index contributed by atoms with van der Waals surface area (Å²) in [6.07, 6.45) is 1.77. The maximum absolute atomic E-state index is 12.3. The van der Waals surface area contributed by atoms with Crippen LogP contribution in [-0.4, -0.2) is 29.8 Å². The smallest absolute Gasteiger partial charge is 0.269 e. The Bertz CT molecular complexity index is 585. The molecule has 3 N–H and O–H groups in total. The molecular weight excluding hydrogens is 338 g/mol. The molecule has 1 amide bonds. The summed E-state index contributed by atoms with van der Waals surface area (Å²) < 4.78 is 11.4. The third-order valence-electron chi connectivity index (χ3n) is 2.91. The van der Waals surface area contributed by atoms with E-state index in [0.717, 1.165) is 12.8 Å². The predicted molar refractivity (Wildman–Crippen MR) is 104 cm³/mol. The molecule has 0 bridgehead atoms. The normalized spacial score (nSPS) is 10.8. The van der Waals surface area contributed by atoms with Gasteiger partial charge in [0.25, 0.3) is 5.91 Å². The van der Waals surface area contributed by atoms with Gasteiger partial charge >= 0.3 is 0 Å². The molecule has 7 heteroatoms. The number of amides is 1. The van der Waals surface area contributed by atoms with Crippen LogP contribution in [0.1, 0.15) is 57.8 Å². The molecule has 0 saturated carbocycles. The topological polar surface area (TPSA) is 71.6 Å². The summed E-state index contributed by atoms with van der Waals surface area (Å²) in [5, 5.41) is 3.41. The second-order valence-electron chi connectivity index (χ2n) is 6.64. The predicted octanol–water partition coefficient (Wildman–Crippen LogP) is 3.17. The summed E-state index contributed by atoms with van der Waals surface area (Å²) >= 11 is 5.14. The Hall–Kier alpha value is -2.02. The van der Waals surface area contributed by atoms with Crippen molar-refractivity contribution in [2.75, 3.05) is 13.2 Å². The lowest BCUT2D eigenvalue weighted by molar-refractivity contribution is 0.0942. The summed E-state index contributed by atoms with van der Waals surface area (Å²) in [4.78, 5) is 12.3. The van der Waals surface area contributed by atoms with E-state index in [-0.39, 0.29) is 11.4 Å². The van der Waals surface area contributed by atoms with E-state index < -0.39 is 0 Å². The van der Waals surface area contributed by atoms with Crippen molar-refractivity contribution < 1.29 is 14.3 Å². The highest BCUT2D eigenvalue weighted by Gasteiger charge is 2.14. The fourth-order valence-corrected chi connectivity index (χ4v) is 2.22. The molecule has 0 fully saturated rings. The van der Waals surface area contributed by atoms with E-state index in [0.29, 0.717) is 35.4 Å². The van der Waals surface area contributed by atoms with Crippen LogP contribution in [0, 0.1) is 0 Å². The van der Waals surface area contributed by atoms with Crippen LogP contribution in [0.5, 0.6) is 11.5 Å². The van der Waals surface area contributed by atoms with Gasteiger partial charge in [-0.2, -0.15) is 0 Å². The zero-order valence-electron chi connectivity index (χ0n) is 15.7. The number of hydrogen-bond donors (Lipinski definition) is 3. The lowest BCUT2D eigenvalue weighted by Crippen LogP contribution is -2.52. The summed E-state index contributed by atoms with van der Waals surface area (Å²) in [5.74, 6) is 0.907. The van der Waals surface area contributed by atoms with Crippen molar-refractivity contribution in [1.82, 2.24) is 16.2 Å². The molecule has 1 rings (SSSR count). The SMILES string of the molecule is CCCOc1ccc(C(=O)NNC(=S)NC(C)(C)C)cc1OCCC. The lowest BCUT2D eigenvalue weighted by Gasteiger charge is -2.23. The summed E-state index contributed by atoms with van der Waals surface area (Å²) in [5.41, 5.74) is 5.55. The minimum atomic E-state index is -0.304. The molecule has 0 atom stereocenters. The van der Waals surface area contributed by atoms with Gasteiger partial charge in [-0.05, 0) is 64.0 Å². The molecule has 25 heavy (non-hydrogen) atoms. The molecule has 0 aliphatic heterocycles. The van der Waals surface area contributed by atoms with Crippen LogP contribution in [0.4, 0.5) is 0 Å². The third kappa shape index (κ3) is 8.07. The third-order valence-corrected chi connectivity index (χ3v) is 3.11. The van der Waals surface area contributed by atoms with Crippen LogP contribution >= 0.6 is 12.2 Å². The number of benzene rings is 1. The highest BCUT2D eigenvalue weighted by molar-refractivity contribution is 7.80. The van der Waals surface area contributed by atoms with Gasteiger partial charge in [0, 0.05) is 11.1 Å². The fourth-order valence-electron chi connectivity index (χ4n) is 1.86. The Morgan fingerprint density at radius 2 is 1.64 bits per heavy atom. The van der Waals surface area contributed by atoms with Crippen LogP contribution < -0.4 is 25.6 Å². The van der Waals surface area contributed by atoms with Crippen molar-refractivity contribution in [3.8, 4) is 11.5 Å². The van der Waals surface area contributed by atoms with Crippen molar-refractivity contribution in [3.05, 3.63) is 23.8 Å². The van der Waals surface area contributed by atoms with Gasteiger partial charge in [-0.1, -0.05) is 13.8 Å². The lowest BCUT2D eigenvalue weighted by atomic mass is 10.1. The number of ether oxygens (including phenoxy) is 2. The molecule has 0 aromatic heterocycles. The van der Waals surface area contributed by atoms with E-state index in [2.05, 4.69) is 16.2 Å². The Morgan fingerprint density at radius 1 is 1.04 bits per heavy atom. The van der Waals surface area contributed by atoms with Gasteiger partial charge in [0.2, 0.25) is 0 Å². The average Bonchev–Trinajstić information content (AvgIpc) is 2.54. The highest BCUT2D eigenvalue weighted by atomic mass is 32.1. The first-order valence-electron chi connectivity index (χ1n) is 8.55. The first-order chi connectivity index (χ1) is 11.8. The first kappa shape index (κ1) is 21.0. The van der Waals surface area contributed by atoms with Crippen molar-refractivity contribution >= 4 is 23.2 Å². The molecule has 0 aliphatic carbocycles.